The van der Waals surface area contributed by atoms with E-state index in [1.165, 1.54) is 11.8 Å². The van der Waals surface area contributed by atoms with Crippen LogP contribution in [-0.4, -0.2) is 22.4 Å². The molecule has 0 atom stereocenters. The van der Waals surface area contributed by atoms with E-state index in [4.69, 9.17) is 9.72 Å². The number of ketones is 1. The molecule has 0 spiro atoms. The van der Waals surface area contributed by atoms with Crippen molar-refractivity contribution in [2.75, 3.05) is 7.11 Å². The van der Waals surface area contributed by atoms with Gasteiger partial charge in [-0.3, -0.25) is 14.2 Å². The van der Waals surface area contributed by atoms with Crippen LogP contribution >= 0.6 is 23.1 Å². The summed E-state index contributed by atoms with van der Waals surface area (Å²) in [6, 6.07) is 15.2. The van der Waals surface area contributed by atoms with Gasteiger partial charge in [-0.25, -0.2) is 4.98 Å². The van der Waals surface area contributed by atoms with E-state index in [-0.39, 0.29) is 11.3 Å². The lowest BCUT2D eigenvalue weighted by atomic mass is 10.1. The van der Waals surface area contributed by atoms with Crippen molar-refractivity contribution in [3.8, 4) is 5.75 Å². The Morgan fingerprint density at radius 1 is 1.19 bits per heavy atom. The normalized spacial score (nSPS) is 11.1. The Bertz CT molecular complexity index is 1310. The Hall–Kier alpha value is -2.90. The largest absolute Gasteiger partial charge is 0.496 e. The molecular weight excluding hydrogens is 428 g/mol. The number of thioether (sulfide) groups is 1. The van der Waals surface area contributed by atoms with E-state index in [1.807, 2.05) is 54.8 Å². The van der Waals surface area contributed by atoms with Gasteiger partial charge >= 0.3 is 0 Å². The number of nitrogens with zero attached hydrogens (tertiary/aromatic N) is 2. The molecule has 0 radical (unpaired) electrons. The fourth-order valence-electron chi connectivity index (χ4n) is 3.38. The molecule has 0 amide bonds. The van der Waals surface area contributed by atoms with E-state index >= 15 is 0 Å². The number of fused-ring (bicyclic) bond motifs is 1. The summed E-state index contributed by atoms with van der Waals surface area (Å²) in [6.45, 7) is 3.99. The number of hydrogen-bond donors (Lipinski definition) is 0. The fourth-order valence-corrected chi connectivity index (χ4v) is 5.04. The number of rotatable bonds is 7. The van der Waals surface area contributed by atoms with Gasteiger partial charge in [-0.2, -0.15) is 0 Å². The number of ether oxygens (including phenoxy) is 1. The Kier molecular flexibility index (Phi) is 6.25. The van der Waals surface area contributed by atoms with Crippen molar-refractivity contribution in [1.29, 1.82) is 0 Å². The highest BCUT2D eigenvalue weighted by Crippen LogP contribution is 2.29. The van der Waals surface area contributed by atoms with Gasteiger partial charge in [0.15, 0.2) is 10.9 Å². The molecule has 5 nitrogen and oxygen atoms in total. The van der Waals surface area contributed by atoms with E-state index in [2.05, 4.69) is 0 Å². The van der Waals surface area contributed by atoms with Crippen LogP contribution in [0.3, 0.4) is 0 Å². The average Bonchev–Trinajstić information content (AvgIpc) is 3.28. The molecule has 4 rings (SSSR count). The minimum absolute atomic E-state index is 0.00251. The number of thiophene rings is 1. The third-order valence-electron chi connectivity index (χ3n) is 5.01. The molecule has 0 unspecified atom stereocenters. The van der Waals surface area contributed by atoms with Crippen molar-refractivity contribution in [1.82, 2.24) is 9.55 Å². The highest BCUT2D eigenvalue weighted by Gasteiger charge is 2.15. The van der Waals surface area contributed by atoms with Gasteiger partial charge < -0.3 is 4.74 Å². The lowest BCUT2D eigenvalue weighted by Crippen LogP contribution is -2.23. The van der Waals surface area contributed by atoms with Crippen molar-refractivity contribution in [2.45, 2.75) is 31.3 Å². The first kappa shape index (κ1) is 21.3. The first-order chi connectivity index (χ1) is 15.0. The summed E-state index contributed by atoms with van der Waals surface area (Å²) >= 11 is 3.09. The second kappa shape index (κ2) is 9.08. The summed E-state index contributed by atoms with van der Waals surface area (Å²) in [5.41, 5.74) is 3.19. The molecule has 0 fully saturated rings. The molecule has 7 heteroatoms. The lowest BCUT2D eigenvalue weighted by Gasteiger charge is -2.14. The van der Waals surface area contributed by atoms with Gasteiger partial charge in [0.25, 0.3) is 5.56 Å². The average molecular weight is 451 g/mol. The van der Waals surface area contributed by atoms with Crippen LogP contribution in [0, 0.1) is 6.92 Å². The van der Waals surface area contributed by atoms with Crippen LogP contribution < -0.4 is 10.3 Å². The minimum Gasteiger partial charge on any atom is -0.496 e. The SMILES string of the molecule is COc1ccc(C(C)=O)cc1CSc1nc2ccc(C)cc2c(=O)n1Cc1cccs1. The minimum atomic E-state index is -0.0472. The van der Waals surface area contributed by atoms with Crippen molar-refractivity contribution in [3.63, 3.8) is 0 Å². The first-order valence-electron chi connectivity index (χ1n) is 9.80. The number of methoxy groups -OCH3 is 1. The number of aromatic nitrogens is 2. The first-order valence-corrected chi connectivity index (χ1v) is 11.7. The number of carbonyl (C=O) groups excluding carboxylic acids is 1. The zero-order valence-electron chi connectivity index (χ0n) is 17.5. The highest BCUT2D eigenvalue weighted by atomic mass is 32.2. The molecule has 2 aromatic carbocycles. The van der Waals surface area contributed by atoms with Gasteiger partial charge in [0.05, 0.1) is 24.6 Å². The summed E-state index contributed by atoms with van der Waals surface area (Å²) in [4.78, 5) is 31.1. The van der Waals surface area contributed by atoms with Crippen LogP contribution in [-0.2, 0) is 12.3 Å². The molecule has 0 aliphatic heterocycles. The van der Waals surface area contributed by atoms with Gasteiger partial charge in [-0.1, -0.05) is 29.5 Å². The smallest absolute Gasteiger partial charge is 0.262 e. The summed E-state index contributed by atoms with van der Waals surface area (Å²) in [6.07, 6.45) is 0. The summed E-state index contributed by atoms with van der Waals surface area (Å²) in [5, 5.41) is 3.27. The zero-order chi connectivity index (χ0) is 22.0. The van der Waals surface area contributed by atoms with Gasteiger partial charge in [0.2, 0.25) is 0 Å². The molecule has 0 aliphatic carbocycles. The molecule has 2 heterocycles. The second-order valence-corrected chi connectivity index (χ2v) is 9.23. The Labute approximate surface area is 188 Å². The van der Waals surface area contributed by atoms with Crippen LogP contribution in [0.2, 0.25) is 0 Å². The van der Waals surface area contributed by atoms with Crippen molar-refractivity contribution < 1.29 is 9.53 Å². The molecule has 158 valence electrons. The number of benzene rings is 2. The molecule has 2 aromatic heterocycles. The highest BCUT2D eigenvalue weighted by molar-refractivity contribution is 7.98. The van der Waals surface area contributed by atoms with Crippen molar-refractivity contribution in [2.24, 2.45) is 0 Å². The maximum Gasteiger partial charge on any atom is 0.262 e. The Balaban J connectivity index is 1.76. The number of aryl methyl sites for hydroxylation is 1. The molecule has 0 saturated carbocycles. The number of Topliss-reactive ketones (excluding diaryl/α,β-unsaturated/α-hetero) is 1. The van der Waals surface area contributed by atoms with E-state index in [0.29, 0.717) is 39.7 Å². The molecule has 4 aromatic rings. The van der Waals surface area contributed by atoms with Crippen molar-refractivity contribution in [3.05, 3.63) is 85.8 Å². The van der Waals surface area contributed by atoms with Gasteiger partial charge in [0.1, 0.15) is 5.75 Å². The van der Waals surface area contributed by atoms with Crippen molar-refractivity contribution >= 4 is 39.8 Å². The number of carbonyl (C=O) groups is 1. The molecule has 0 bridgehead atoms. The van der Waals surface area contributed by atoms with E-state index in [9.17, 15) is 9.59 Å². The van der Waals surface area contributed by atoms with Gasteiger partial charge in [-0.05, 0) is 55.6 Å². The third-order valence-corrected chi connectivity index (χ3v) is 6.90. The zero-order valence-corrected chi connectivity index (χ0v) is 19.2. The van der Waals surface area contributed by atoms with E-state index in [0.717, 1.165) is 16.0 Å². The molecule has 0 N–H and O–H groups in total. The molecular formula is C24H22N2O3S2. The summed E-state index contributed by atoms with van der Waals surface area (Å²) < 4.78 is 7.21. The topological polar surface area (TPSA) is 61.2 Å². The lowest BCUT2D eigenvalue weighted by molar-refractivity contribution is 0.101. The number of hydrogen-bond acceptors (Lipinski definition) is 6. The Morgan fingerprint density at radius 2 is 2.03 bits per heavy atom. The van der Waals surface area contributed by atoms with Gasteiger partial charge in [-0.15, -0.1) is 11.3 Å². The Morgan fingerprint density at radius 3 is 2.74 bits per heavy atom. The van der Waals surface area contributed by atoms with E-state index < -0.39 is 0 Å². The quantitative estimate of drug-likeness (QED) is 0.217. The fraction of sp³-hybridized carbons (Fsp3) is 0.208. The standard InChI is InChI=1S/C24H22N2O3S2/c1-15-6-8-21-20(11-15)23(28)26(13-19-5-4-10-30-19)24(25-21)31-14-18-12-17(16(2)27)7-9-22(18)29-3/h4-12H,13-14H2,1-3H3. The summed E-state index contributed by atoms with van der Waals surface area (Å²) in [5.74, 6) is 1.24. The molecule has 0 aliphatic rings. The van der Waals surface area contributed by atoms with Crippen LogP contribution in [0.1, 0.15) is 33.3 Å². The summed E-state index contributed by atoms with van der Waals surface area (Å²) in [7, 11) is 1.61. The predicted molar refractivity (Wildman–Crippen MR) is 127 cm³/mol. The van der Waals surface area contributed by atoms with Crippen LogP contribution in [0.15, 0.2) is 63.9 Å². The van der Waals surface area contributed by atoms with Gasteiger partial charge in [0, 0.05) is 21.8 Å². The maximum atomic E-state index is 13.4. The molecule has 0 saturated heterocycles. The third kappa shape index (κ3) is 4.57. The maximum absolute atomic E-state index is 13.4. The molecule has 31 heavy (non-hydrogen) atoms. The second-order valence-electron chi connectivity index (χ2n) is 7.26. The van der Waals surface area contributed by atoms with Crippen LogP contribution in [0.25, 0.3) is 10.9 Å². The monoisotopic (exact) mass is 450 g/mol. The van der Waals surface area contributed by atoms with E-state index in [1.54, 1.807) is 36.0 Å². The predicted octanol–water partition coefficient (Wildman–Crippen LogP) is 5.32. The van der Waals surface area contributed by atoms with Crippen LogP contribution in [0.4, 0.5) is 0 Å². The van der Waals surface area contributed by atoms with Crippen LogP contribution in [0.5, 0.6) is 5.75 Å².